The van der Waals surface area contributed by atoms with Crippen molar-refractivity contribution in [1.29, 1.82) is 0 Å². The van der Waals surface area contributed by atoms with Gasteiger partial charge in [-0.05, 0) is 49.4 Å². The number of benzene rings is 2. The van der Waals surface area contributed by atoms with Crippen molar-refractivity contribution in [3.63, 3.8) is 0 Å². The van der Waals surface area contributed by atoms with Crippen LogP contribution in [-0.2, 0) is 6.54 Å². The van der Waals surface area contributed by atoms with Gasteiger partial charge in [0.05, 0.1) is 12.3 Å². The highest BCUT2D eigenvalue weighted by molar-refractivity contribution is 6.30. The molecular weight excluding hydrogens is 352 g/mol. The van der Waals surface area contributed by atoms with Crippen LogP contribution < -0.4 is 10.3 Å². The van der Waals surface area contributed by atoms with Gasteiger partial charge in [0.1, 0.15) is 12.3 Å². The summed E-state index contributed by atoms with van der Waals surface area (Å²) in [5.41, 5.74) is 1.51. The van der Waals surface area contributed by atoms with Gasteiger partial charge < -0.3 is 4.74 Å². The van der Waals surface area contributed by atoms with Crippen LogP contribution in [-0.4, -0.2) is 22.2 Å². The summed E-state index contributed by atoms with van der Waals surface area (Å²) in [6.45, 7) is 2.31. The first-order chi connectivity index (χ1) is 12.6. The number of hydrogen-bond donors (Lipinski definition) is 0. The lowest BCUT2D eigenvalue weighted by Crippen LogP contribution is -2.26. The van der Waals surface area contributed by atoms with Gasteiger partial charge in [-0.3, -0.25) is 9.59 Å². The van der Waals surface area contributed by atoms with Gasteiger partial charge >= 0.3 is 0 Å². The Morgan fingerprint density at radius 2 is 1.88 bits per heavy atom. The summed E-state index contributed by atoms with van der Waals surface area (Å²) in [4.78, 5) is 24.6. The molecule has 1 aromatic heterocycles. The van der Waals surface area contributed by atoms with E-state index >= 15 is 0 Å². The van der Waals surface area contributed by atoms with Gasteiger partial charge in [-0.1, -0.05) is 23.7 Å². The van der Waals surface area contributed by atoms with Gasteiger partial charge in [0.2, 0.25) is 0 Å². The maximum atomic E-state index is 12.5. The number of rotatable bonds is 6. The summed E-state index contributed by atoms with van der Waals surface area (Å²) in [5.74, 6) is 0.494. The molecule has 0 N–H and O–H groups in total. The summed E-state index contributed by atoms with van der Waals surface area (Å²) in [6, 6.07) is 17.0. The second-order valence-electron chi connectivity index (χ2n) is 5.61. The highest BCUT2D eigenvalue weighted by atomic mass is 35.5. The molecule has 0 atom stereocenters. The van der Waals surface area contributed by atoms with Crippen molar-refractivity contribution in [1.82, 2.24) is 9.78 Å². The molecule has 6 heteroatoms. The highest BCUT2D eigenvalue weighted by Gasteiger charge is 2.11. The maximum Gasteiger partial charge on any atom is 0.267 e. The summed E-state index contributed by atoms with van der Waals surface area (Å²) >= 11 is 6.00. The molecule has 0 fully saturated rings. The van der Waals surface area contributed by atoms with Crippen LogP contribution in [0.3, 0.4) is 0 Å². The summed E-state index contributed by atoms with van der Waals surface area (Å²) < 4.78 is 6.52. The second-order valence-corrected chi connectivity index (χ2v) is 6.04. The molecule has 5 nitrogen and oxygen atoms in total. The number of nitrogens with zero attached hydrogens (tertiary/aromatic N) is 2. The number of halogens is 1. The molecule has 0 aliphatic carbocycles. The van der Waals surface area contributed by atoms with Crippen LogP contribution in [0.1, 0.15) is 17.3 Å². The third kappa shape index (κ3) is 4.18. The predicted octanol–water partition coefficient (Wildman–Crippen LogP) is 3.85. The molecule has 0 unspecified atom stereocenters. The van der Waals surface area contributed by atoms with Crippen molar-refractivity contribution in [2.24, 2.45) is 0 Å². The van der Waals surface area contributed by atoms with Crippen LogP contribution >= 0.6 is 11.6 Å². The summed E-state index contributed by atoms with van der Waals surface area (Å²) in [7, 11) is 0. The van der Waals surface area contributed by atoms with Crippen molar-refractivity contribution in [3.8, 4) is 17.0 Å². The normalized spacial score (nSPS) is 10.5. The van der Waals surface area contributed by atoms with Crippen LogP contribution in [0.15, 0.2) is 65.5 Å². The Bertz CT molecular complexity index is 981. The zero-order chi connectivity index (χ0) is 18.5. The molecule has 0 bridgehead atoms. The average molecular weight is 369 g/mol. The topological polar surface area (TPSA) is 61.2 Å². The number of carbonyl (C=O) groups excluding carboxylic acids is 1. The van der Waals surface area contributed by atoms with E-state index in [1.165, 1.54) is 6.07 Å². The first kappa shape index (κ1) is 17.9. The zero-order valence-electron chi connectivity index (χ0n) is 14.2. The van der Waals surface area contributed by atoms with E-state index in [1.54, 1.807) is 48.5 Å². The van der Waals surface area contributed by atoms with Crippen molar-refractivity contribution < 1.29 is 9.53 Å². The van der Waals surface area contributed by atoms with Gasteiger partial charge in [-0.2, -0.15) is 5.10 Å². The van der Waals surface area contributed by atoms with Crippen LogP contribution in [0.5, 0.6) is 5.75 Å². The molecule has 1 heterocycles. The number of hydrogen-bond acceptors (Lipinski definition) is 4. The van der Waals surface area contributed by atoms with Crippen LogP contribution in [0.25, 0.3) is 11.3 Å². The lowest BCUT2D eigenvalue weighted by Gasteiger charge is -2.08. The standard InChI is InChI=1S/C20H17ClN2O3/c1-2-26-17-8-6-14(7-9-17)19(24)13-23-20(25)11-10-18(22-23)15-4-3-5-16(21)12-15/h3-12H,2,13H2,1H3. The Labute approximate surface area is 155 Å². The Kier molecular flexibility index (Phi) is 5.49. The number of Topliss-reactive ketones (excluding diaryl/α,β-unsaturated/α-hetero) is 1. The number of ketones is 1. The van der Waals surface area contributed by atoms with E-state index < -0.39 is 0 Å². The highest BCUT2D eigenvalue weighted by Crippen LogP contribution is 2.20. The Hall–Kier alpha value is -2.92. The molecule has 0 amide bonds. The van der Waals surface area contributed by atoms with E-state index in [0.29, 0.717) is 28.6 Å². The second kappa shape index (κ2) is 7.97. The van der Waals surface area contributed by atoms with E-state index in [4.69, 9.17) is 16.3 Å². The minimum atomic E-state index is -0.338. The molecule has 0 aliphatic heterocycles. The SMILES string of the molecule is CCOc1ccc(C(=O)Cn2nc(-c3cccc(Cl)c3)ccc2=O)cc1. The Balaban J connectivity index is 1.84. The van der Waals surface area contributed by atoms with Crippen LogP contribution in [0.4, 0.5) is 0 Å². The van der Waals surface area contributed by atoms with Crippen LogP contribution in [0, 0.1) is 0 Å². The monoisotopic (exact) mass is 368 g/mol. The van der Waals surface area contributed by atoms with Crippen molar-refractivity contribution in [2.75, 3.05) is 6.61 Å². The van der Waals surface area contributed by atoms with Gasteiger partial charge in [0.15, 0.2) is 5.78 Å². The molecule has 2 aromatic carbocycles. The molecule has 0 radical (unpaired) electrons. The fourth-order valence-electron chi connectivity index (χ4n) is 2.49. The first-order valence-corrected chi connectivity index (χ1v) is 8.55. The third-order valence-electron chi connectivity index (χ3n) is 3.77. The number of carbonyl (C=O) groups is 1. The lowest BCUT2D eigenvalue weighted by atomic mass is 10.1. The van der Waals surface area contributed by atoms with Gasteiger partial charge in [0, 0.05) is 22.2 Å². The van der Waals surface area contributed by atoms with Gasteiger partial charge in [-0.25, -0.2) is 4.68 Å². The molecule has 0 aliphatic rings. The van der Waals surface area contributed by atoms with Gasteiger partial charge in [0.25, 0.3) is 5.56 Å². The molecule has 0 spiro atoms. The quantitative estimate of drug-likeness (QED) is 0.620. The lowest BCUT2D eigenvalue weighted by molar-refractivity contribution is 0.0966. The largest absolute Gasteiger partial charge is 0.494 e. The molecule has 132 valence electrons. The molecule has 3 rings (SSSR count). The van der Waals surface area contributed by atoms with E-state index in [0.717, 1.165) is 10.2 Å². The van der Waals surface area contributed by atoms with Crippen molar-refractivity contribution >= 4 is 17.4 Å². The average Bonchev–Trinajstić information content (AvgIpc) is 2.64. The summed E-state index contributed by atoms with van der Waals surface area (Å²) in [5, 5.41) is 4.87. The predicted molar refractivity (Wildman–Crippen MR) is 101 cm³/mol. The number of ether oxygens (including phenoxy) is 1. The third-order valence-corrected chi connectivity index (χ3v) is 4.00. The Morgan fingerprint density at radius 3 is 2.58 bits per heavy atom. The molecule has 3 aromatic rings. The number of aromatic nitrogens is 2. The van der Waals surface area contributed by atoms with Crippen molar-refractivity contribution in [3.05, 3.63) is 81.6 Å². The van der Waals surface area contributed by atoms with Crippen LogP contribution in [0.2, 0.25) is 5.02 Å². The summed E-state index contributed by atoms with van der Waals surface area (Å²) in [6.07, 6.45) is 0. The molecule has 0 saturated heterocycles. The van der Waals surface area contributed by atoms with E-state index in [1.807, 2.05) is 13.0 Å². The van der Waals surface area contributed by atoms with E-state index in [9.17, 15) is 9.59 Å². The molecule has 0 saturated carbocycles. The van der Waals surface area contributed by atoms with Gasteiger partial charge in [-0.15, -0.1) is 0 Å². The molecule has 26 heavy (non-hydrogen) atoms. The minimum absolute atomic E-state index is 0.138. The fraction of sp³-hybridized carbons (Fsp3) is 0.150. The Morgan fingerprint density at radius 1 is 1.12 bits per heavy atom. The molecular formula is C20H17ClN2O3. The van der Waals surface area contributed by atoms with Crippen molar-refractivity contribution in [2.45, 2.75) is 13.5 Å². The van der Waals surface area contributed by atoms with E-state index in [-0.39, 0.29) is 17.9 Å². The zero-order valence-corrected chi connectivity index (χ0v) is 14.9. The van der Waals surface area contributed by atoms with E-state index in [2.05, 4.69) is 5.10 Å². The fourth-order valence-corrected chi connectivity index (χ4v) is 2.69. The minimum Gasteiger partial charge on any atom is -0.494 e. The first-order valence-electron chi connectivity index (χ1n) is 8.17. The maximum absolute atomic E-state index is 12.5. The smallest absolute Gasteiger partial charge is 0.267 e.